The second-order valence-electron chi connectivity index (χ2n) is 7.18. The van der Waals surface area contributed by atoms with Gasteiger partial charge in [0.2, 0.25) is 12.1 Å². The minimum atomic E-state index is -3.80. The van der Waals surface area contributed by atoms with E-state index in [-0.39, 0.29) is 5.82 Å². The zero-order valence-electron chi connectivity index (χ0n) is 14.5. The van der Waals surface area contributed by atoms with Gasteiger partial charge in [-0.15, -0.1) is 0 Å². The molecule has 0 saturated carbocycles. The molecule has 1 aromatic heterocycles. The van der Waals surface area contributed by atoms with Gasteiger partial charge in [-0.25, -0.2) is 4.79 Å². The van der Waals surface area contributed by atoms with Crippen LogP contribution in [0, 0.1) is 5.41 Å². The summed E-state index contributed by atoms with van der Waals surface area (Å²) in [5, 5.41) is 21.2. The van der Waals surface area contributed by atoms with Gasteiger partial charge in [-0.2, -0.15) is 13.8 Å². The van der Waals surface area contributed by atoms with E-state index in [4.69, 9.17) is 15.6 Å². The normalized spacial score (nSPS) is 26.5. The number of carbonyl (C=O) groups is 1. The summed E-state index contributed by atoms with van der Waals surface area (Å²) in [7, 11) is 0. The molecule has 0 bridgehead atoms. The van der Waals surface area contributed by atoms with E-state index in [2.05, 4.69) is 10.3 Å². The van der Waals surface area contributed by atoms with E-state index in [1.807, 2.05) is 0 Å². The number of ether oxygens (including phenoxy) is 1. The van der Waals surface area contributed by atoms with Crippen molar-refractivity contribution in [3.8, 4) is 0 Å². The second kappa shape index (κ2) is 6.89. The first-order chi connectivity index (χ1) is 11.9. The Morgan fingerprint density at radius 3 is 2.58 bits per heavy atom. The number of nitrogens with two attached hydrogens (primary N) is 1. The fourth-order valence-electron chi connectivity index (χ4n) is 2.65. The minimum absolute atomic E-state index is 0.0226. The lowest BCUT2D eigenvalue weighted by molar-refractivity contribution is -0.140. The topological polar surface area (TPSA) is 140 Å². The number of amides is 1. The third kappa shape index (κ3) is 3.69. The molecule has 1 amide bonds. The number of nitrogens with one attached hydrogen (secondary N) is 1. The first-order valence-electron chi connectivity index (χ1n) is 7.86. The molecule has 2 rings (SSSR count). The number of aliphatic hydroxyl groups is 2. The number of nitrogens with zero attached hydrogens (tertiary/aromatic N) is 2. The number of halogens is 2. The first-order valence-corrected chi connectivity index (χ1v) is 7.86. The molecule has 26 heavy (non-hydrogen) atoms. The molecule has 0 spiro atoms. The van der Waals surface area contributed by atoms with Crippen molar-refractivity contribution in [1.82, 2.24) is 9.55 Å². The van der Waals surface area contributed by atoms with Crippen LogP contribution < -0.4 is 16.7 Å². The molecule has 2 heterocycles. The van der Waals surface area contributed by atoms with Gasteiger partial charge in [-0.05, 0) is 11.5 Å². The van der Waals surface area contributed by atoms with Crippen LogP contribution in [-0.4, -0.2) is 56.5 Å². The summed E-state index contributed by atoms with van der Waals surface area (Å²) in [4.78, 5) is 27.4. The standard InChI is InChI=1S/C15H22F2N4O5/c1-14(2,3)9(11(18)24)19-8-4-5-21(13(25)20-8)12-15(16,17)10(23)7(6-22)26-12/h4-5,7,9-10,12,22-23H,6H2,1-3H3,(H2,18,24)(H,19,20,25)/t7-,9-,10-,12-/m1/s1. The smallest absolute Gasteiger partial charge is 0.351 e. The SMILES string of the molecule is CC(C)(C)[C@H](Nc1ccn([C@@H]2O[C@H](CO)[C@@H](O)C2(F)F)c(=O)n1)C(N)=O. The number of aliphatic hydroxyl groups excluding tert-OH is 2. The average molecular weight is 376 g/mol. The average Bonchev–Trinajstić information content (AvgIpc) is 2.74. The van der Waals surface area contributed by atoms with Crippen molar-refractivity contribution in [3.05, 3.63) is 22.7 Å². The molecule has 5 N–H and O–H groups in total. The molecule has 0 unspecified atom stereocenters. The molecule has 1 aromatic rings. The van der Waals surface area contributed by atoms with Gasteiger partial charge in [0.1, 0.15) is 18.0 Å². The molecule has 1 aliphatic rings. The molecule has 146 valence electrons. The second-order valence-corrected chi connectivity index (χ2v) is 7.18. The third-order valence-corrected chi connectivity index (χ3v) is 4.08. The van der Waals surface area contributed by atoms with Gasteiger partial charge >= 0.3 is 11.6 Å². The van der Waals surface area contributed by atoms with Crippen LogP contribution in [0.2, 0.25) is 0 Å². The number of aromatic nitrogens is 2. The third-order valence-electron chi connectivity index (χ3n) is 4.08. The summed E-state index contributed by atoms with van der Waals surface area (Å²) in [5.74, 6) is -4.48. The van der Waals surface area contributed by atoms with Crippen molar-refractivity contribution in [2.45, 2.75) is 51.2 Å². The van der Waals surface area contributed by atoms with Crippen molar-refractivity contribution in [1.29, 1.82) is 0 Å². The van der Waals surface area contributed by atoms with E-state index in [9.17, 15) is 23.5 Å². The largest absolute Gasteiger partial charge is 0.394 e. The van der Waals surface area contributed by atoms with Gasteiger partial charge in [0.25, 0.3) is 0 Å². The highest BCUT2D eigenvalue weighted by atomic mass is 19.3. The molecule has 4 atom stereocenters. The molecule has 0 aromatic carbocycles. The molecule has 11 heteroatoms. The molecular weight excluding hydrogens is 354 g/mol. The molecule has 0 radical (unpaired) electrons. The molecule has 1 aliphatic heterocycles. The van der Waals surface area contributed by atoms with E-state index in [1.165, 1.54) is 6.07 Å². The number of primary amides is 1. The summed E-state index contributed by atoms with van der Waals surface area (Å²) >= 11 is 0. The molecule has 1 saturated heterocycles. The maximum atomic E-state index is 14.1. The number of rotatable bonds is 5. The monoisotopic (exact) mass is 376 g/mol. The first kappa shape index (κ1) is 20.2. The number of hydrogen-bond acceptors (Lipinski definition) is 7. The lowest BCUT2D eigenvalue weighted by atomic mass is 9.86. The molecular formula is C15H22F2N4O5. The Kier molecular flexibility index (Phi) is 5.36. The summed E-state index contributed by atoms with van der Waals surface area (Å²) in [6.07, 6.45) is -4.90. The Morgan fingerprint density at radius 1 is 1.54 bits per heavy atom. The van der Waals surface area contributed by atoms with Crippen molar-refractivity contribution in [3.63, 3.8) is 0 Å². The van der Waals surface area contributed by atoms with Crippen molar-refractivity contribution in [2.75, 3.05) is 11.9 Å². The highest BCUT2D eigenvalue weighted by Gasteiger charge is 2.59. The van der Waals surface area contributed by atoms with E-state index in [0.29, 0.717) is 4.57 Å². The highest BCUT2D eigenvalue weighted by molar-refractivity contribution is 5.83. The summed E-state index contributed by atoms with van der Waals surface area (Å²) < 4.78 is 33.7. The van der Waals surface area contributed by atoms with Crippen LogP contribution >= 0.6 is 0 Å². The van der Waals surface area contributed by atoms with Gasteiger partial charge in [0.05, 0.1) is 6.61 Å². The fraction of sp³-hybridized carbons (Fsp3) is 0.667. The number of hydrogen-bond donors (Lipinski definition) is 4. The Hall–Kier alpha value is -2.11. The van der Waals surface area contributed by atoms with Gasteiger partial charge in [-0.3, -0.25) is 9.36 Å². The van der Waals surface area contributed by atoms with Gasteiger partial charge < -0.3 is 26.0 Å². The van der Waals surface area contributed by atoms with E-state index in [1.54, 1.807) is 20.8 Å². The number of alkyl halides is 2. The highest BCUT2D eigenvalue weighted by Crippen LogP contribution is 2.42. The molecule has 9 nitrogen and oxygen atoms in total. The zero-order valence-corrected chi connectivity index (χ0v) is 14.5. The minimum Gasteiger partial charge on any atom is -0.394 e. The summed E-state index contributed by atoms with van der Waals surface area (Å²) in [5.41, 5.74) is 3.67. The fourth-order valence-corrected chi connectivity index (χ4v) is 2.65. The van der Waals surface area contributed by atoms with E-state index in [0.717, 1.165) is 6.20 Å². The Labute approximate surface area is 147 Å². The van der Waals surface area contributed by atoms with Crippen molar-refractivity contribution >= 4 is 11.7 Å². The summed E-state index contributed by atoms with van der Waals surface area (Å²) in [6.45, 7) is 4.42. The maximum absolute atomic E-state index is 14.1. The zero-order chi connectivity index (χ0) is 19.9. The number of anilines is 1. The van der Waals surface area contributed by atoms with Crippen LogP contribution in [0.5, 0.6) is 0 Å². The van der Waals surface area contributed by atoms with Gasteiger partial charge in [0, 0.05) is 6.20 Å². The van der Waals surface area contributed by atoms with Crippen LogP contribution in [0.25, 0.3) is 0 Å². The molecule has 1 fully saturated rings. The molecule has 0 aliphatic carbocycles. The lowest BCUT2D eigenvalue weighted by Gasteiger charge is -2.29. The predicted octanol–water partition coefficient (Wildman–Crippen LogP) is -0.559. The van der Waals surface area contributed by atoms with E-state index >= 15 is 0 Å². The number of carbonyl (C=O) groups excluding carboxylic acids is 1. The van der Waals surface area contributed by atoms with Crippen LogP contribution in [0.1, 0.15) is 27.0 Å². The van der Waals surface area contributed by atoms with Crippen LogP contribution in [0.15, 0.2) is 17.1 Å². The van der Waals surface area contributed by atoms with Crippen LogP contribution in [-0.2, 0) is 9.53 Å². The quantitative estimate of drug-likeness (QED) is 0.540. The Balaban J connectivity index is 2.31. The predicted molar refractivity (Wildman–Crippen MR) is 86.5 cm³/mol. The van der Waals surface area contributed by atoms with E-state index < -0.39 is 54.0 Å². The van der Waals surface area contributed by atoms with Gasteiger partial charge in [-0.1, -0.05) is 20.8 Å². The Morgan fingerprint density at radius 2 is 2.15 bits per heavy atom. The van der Waals surface area contributed by atoms with Crippen molar-refractivity contribution < 1.29 is 28.5 Å². The Bertz CT molecular complexity index is 733. The van der Waals surface area contributed by atoms with Crippen LogP contribution in [0.4, 0.5) is 14.6 Å². The lowest BCUT2D eigenvalue weighted by Crippen LogP contribution is -2.46. The van der Waals surface area contributed by atoms with Crippen LogP contribution in [0.3, 0.4) is 0 Å². The maximum Gasteiger partial charge on any atom is 0.351 e. The van der Waals surface area contributed by atoms with Crippen molar-refractivity contribution in [2.24, 2.45) is 11.1 Å². The summed E-state index contributed by atoms with van der Waals surface area (Å²) in [6, 6.07) is 0.358. The van der Waals surface area contributed by atoms with Gasteiger partial charge in [0.15, 0.2) is 6.10 Å².